The highest BCUT2D eigenvalue weighted by Gasteiger charge is 2.14. The lowest BCUT2D eigenvalue weighted by atomic mass is 10.2. The van der Waals surface area contributed by atoms with Gasteiger partial charge in [0.15, 0.2) is 0 Å². The number of aromatic nitrogens is 1. The average molecular weight is 334 g/mol. The molecule has 0 atom stereocenters. The van der Waals surface area contributed by atoms with E-state index in [1.54, 1.807) is 18.9 Å². The molecule has 1 aromatic heterocycles. The van der Waals surface area contributed by atoms with E-state index in [-0.39, 0.29) is 5.91 Å². The van der Waals surface area contributed by atoms with Crippen molar-refractivity contribution in [3.8, 4) is 0 Å². The smallest absolute Gasteiger partial charge is 0.252 e. The van der Waals surface area contributed by atoms with Crippen molar-refractivity contribution >= 4 is 17.7 Å². The third-order valence-corrected chi connectivity index (χ3v) is 4.60. The van der Waals surface area contributed by atoms with Gasteiger partial charge in [-0.15, -0.1) is 11.8 Å². The van der Waals surface area contributed by atoms with Crippen LogP contribution in [0.4, 0.5) is 0 Å². The molecule has 1 N–H and O–H groups in total. The lowest BCUT2D eigenvalue weighted by molar-refractivity contribution is 0.0945. The molecular weight excluding hydrogens is 312 g/mol. The highest BCUT2D eigenvalue weighted by molar-refractivity contribution is 7.98. The fourth-order valence-electron chi connectivity index (χ4n) is 2.15. The maximum absolute atomic E-state index is 12.3. The number of amides is 1. The first-order chi connectivity index (χ1) is 11.1. The van der Waals surface area contributed by atoms with Crippen LogP contribution >= 0.6 is 11.8 Å². The van der Waals surface area contributed by atoms with E-state index in [4.69, 9.17) is 9.26 Å². The van der Waals surface area contributed by atoms with E-state index in [0.29, 0.717) is 18.7 Å². The molecule has 0 fully saturated rings. The normalized spacial score (nSPS) is 10.7. The van der Waals surface area contributed by atoms with Gasteiger partial charge in [-0.3, -0.25) is 4.79 Å². The van der Waals surface area contributed by atoms with Crippen molar-refractivity contribution in [2.24, 2.45) is 0 Å². The summed E-state index contributed by atoms with van der Waals surface area (Å²) in [6.07, 6.45) is 0.802. The zero-order valence-corrected chi connectivity index (χ0v) is 14.5. The molecule has 0 aliphatic carbocycles. The second-order valence-electron chi connectivity index (χ2n) is 5.19. The molecule has 0 bridgehead atoms. The SMILES string of the molecule is COCCCNC(=O)c1ccccc1SCc1c(C)noc1C. The van der Waals surface area contributed by atoms with E-state index in [9.17, 15) is 4.79 Å². The lowest BCUT2D eigenvalue weighted by Gasteiger charge is -2.10. The van der Waals surface area contributed by atoms with Crippen LogP contribution in [0.2, 0.25) is 0 Å². The van der Waals surface area contributed by atoms with Crippen molar-refractivity contribution in [2.75, 3.05) is 20.3 Å². The molecule has 0 spiro atoms. The van der Waals surface area contributed by atoms with Gasteiger partial charge in [0.1, 0.15) is 5.76 Å². The molecule has 1 aromatic carbocycles. The summed E-state index contributed by atoms with van der Waals surface area (Å²) in [5.74, 6) is 1.51. The Morgan fingerprint density at radius 2 is 2.13 bits per heavy atom. The number of carbonyl (C=O) groups excluding carboxylic acids is 1. The van der Waals surface area contributed by atoms with Crippen LogP contribution < -0.4 is 5.32 Å². The first kappa shape index (κ1) is 17.6. The summed E-state index contributed by atoms with van der Waals surface area (Å²) >= 11 is 1.62. The average Bonchev–Trinajstić information content (AvgIpc) is 2.88. The van der Waals surface area contributed by atoms with Crippen LogP contribution in [0.15, 0.2) is 33.7 Å². The highest BCUT2D eigenvalue weighted by Crippen LogP contribution is 2.28. The summed E-state index contributed by atoms with van der Waals surface area (Å²) < 4.78 is 10.2. The fraction of sp³-hybridized carbons (Fsp3) is 0.412. The van der Waals surface area contributed by atoms with Gasteiger partial charge in [-0.1, -0.05) is 17.3 Å². The number of ether oxygens (including phenoxy) is 1. The number of thioether (sulfide) groups is 1. The Hall–Kier alpha value is -1.79. The van der Waals surface area contributed by atoms with Gasteiger partial charge >= 0.3 is 0 Å². The Bertz CT molecular complexity index is 636. The minimum absolute atomic E-state index is 0.0528. The van der Waals surface area contributed by atoms with E-state index in [1.165, 1.54) is 0 Å². The number of hydrogen-bond donors (Lipinski definition) is 1. The van der Waals surface area contributed by atoms with Gasteiger partial charge in [0.2, 0.25) is 0 Å². The quantitative estimate of drug-likeness (QED) is 0.592. The Balaban J connectivity index is 2.01. The molecule has 1 amide bonds. The van der Waals surface area contributed by atoms with Crippen LogP contribution in [0.25, 0.3) is 0 Å². The van der Waals surface area contributed by atoms with Gasteiger partial charge in [0.25, 0.3) is 5.91 Å². The molecule has 6 heteroatoms. The van der Waals surface area contributed by atoms with E-state index in [1.807, 2.05) is 38.1 Å². The molecule has 0 aliphatic rings. The van der Waals surface area contributed by atoms with Gasteiger partial charge in [0.05, 0.1) is 11.3 Å². The number of hydrogen-bond acceptors (Lipinski definition) is 5. The zero-order chi connectivity index (χ0) is 16.7. The number of benzene rings is 1. The summed E-state index contributed by atoms with van der Waals surface area (Å²) in [5.41, 5.74) is 2.68. The molecule has 2 rings (SSSR count). The standard InChI is InChI=1S/C17H22N2O3S/c1-12-15(13(2)22-19-12)11-23-16-8-5-4-7-14(16)17(20)18-9-6-10-21-3/h4-5,7-8H,6,9-11H2,1-3H3,(H,18,20). The molecule has 1 heterocycles. The fourth-order valence-corrected chi connectivity index (χ4v) is 3.35. The van der Waals surface area contributed by atoms with E-state index in [2.05, 4.69) is 10.5 Å². The molecule has 0 radical (unpaired) electrons. The summed E-state index contributed by atoms with van der Waals surface area (Å²) in [5, 5.41) is 6.89. The van der Waals surface area contributed by atoms with Gasteiger partial charge in [-0.25, -0.2) is 0 Å². The zero-order valence-electron chi connectivity index (χ0n) is 13.7. The number of carbonyl (C=O) groups is 1. The van der Waals surface area contributed by atoms with Gasteiger partial charge < -0.3 is 14.6 Å². The summed E-state index contributed by atoms with van der Waals surface area (Å²) in [6, 6.07) is 7.63. The van der Waals surface area contributed by atoms with E-state index in [0.717, 1.165) is 34.1 Å². The van der Waals surface area contributed by atoms with Crippen LogP contribution in [-0.4, -0.2) is 31.3 Å². The minimum Gasteiger partial charge on any atom is -0.385 e. The van der Waals surface area contributed by atoms with Crippen molar-refractivity contribution in [1.29, 1.82) is 0 Å². The molecule has 124 valence electrons. The van der Waals surface area contributed by atoms with Crippen LogP contribution in [0.1, 0.15) is 33.8 Å². The maximum atomic E-state index is 12.3. The summed E-state index contributed by atoms with van der Waals surface area (Å²) in [4.78, 5) is 13.3. The first-order valence-corrected chi connectivity index (χ1v) is 8.52. The number of methoxy groups -OCH3 is 1. The Labute approximate surface area is 140 Å². The third kappa shape index (κ3) is 4.84. The Kier molecular flexibility index (Phi) is 6.67. The van der Waals surface area contributed by atoms with Crippen molar-refractivity contribution in [3.63, 3.8) is 0 Å². The highest BCUT2D eigenvalue weighted by atomic mass is 32.2. The molecule has 0 aliphatic heterocycles. The predicted octanol–water partition coefficient (Wildman–Crippen LogP) is 3.35. The predicted molar refractivity (Wildman–Crippen MR) is 90.8 cm³/mol. The molecule has 0 saturated carbocycles. The molecule has 23 heavy (non-hydrogen) atoms. The van der Waals surface area contributed by atoms with Gasteiger partial charge in [-0.2, -0.15) is 0 Å². The van der Waals surface area contributed by atoms with Crippen molar-refractivity contribution in [2.45, 2.75) is 30.9 Å². The second kappa shape index (κ2) is 8.74. The van der Waals surface area contributed by atoms with Crippen molar-refractivity contribution in [3.05, 3.63) is 46.8 Å². The molecule has 5 nitrogen and oxygen atoms in total. The lowest BCUT2D eigenvalue weighted by Crippen LogP contribution is -2.25. The monoisotopic (exact) mass is 334 g/mol. The number of nitrogens with one attached hydrogen (secondary N) is 1. The van der Waals surface area contributed by atoms with E-state index < -0.39 is 0 Å². The van der Waals surface area contributed by atoms with Crippen LogP contribution in [0, 0.1) is 13.8 Å². The largest absolute Gasteiger partial charge is 0.385 e. The van der Waals surface area contributed by atoms with Crippen LogP contribution in [0.3, 0.4) is 0 Å². The Morgan fingerprint density at radius 1 is 1.35 bits per heavy atom. The van der Waals surface area contributed by atoms with Gasteiger partial charge in [-0.05, 0) is 32.4 Å². The second-order valence-corrected chi connectivity index (χ2v) is 6.21. The number of nitrogens with zero attached hydrogens (tertiary/aromatic N) is 1. The van der Waals surface area contributed by atoms with Gasteiger partial charge in [0, 0.05) is 36.5 Å². The van der Waals surface area contributed by atoms with Crippen molar-refractivity contribution in [1.82, 2.24) is 10.5 Å². The minimum atomic E-state index is -0.0528. The van der Waals surface area contributed by atoms with E-state index >= 15 is 0 Å². The Morgan fingerprint density at radius 3 is 2.83 bits per heavy atom. The summed E-state index contributed by atoms with van der Waals surface area (Å²) in [7, 11) is 1.66. The number of rotatable bonds is 8. The number of aryl methyl sites for hydroxylation is 2. The third-order valence-electron chi connectivity index (χ3n) is 3.50. The summed E-state index contributed by atoms with van der Waals surface area (Å²) in [6.45, 7) is 5.09. The molecule has 0 saturated heterocycles. The van der Waals surface area contributed by atoms with Crippen LogP contribution in [0.5, 0.6) is 0 Å². The van der Waals surface area contributed by atoms with Crippen LogP contribution in [-0.2, 0) is 10.5 Å². The van der Waals surface area contributed by atoms with Crippen molar-refractivity contribution < 1.29 is 14.1 Å². The topological polar surface area (TPSA) is 64.4 Å². The first-order valence-electron chi connectivity index (χ1n) is 7.54. The molecule has 0 unspecified atom stereocenters. The molecular formula is C17H22N2O3S. The molecule has 2 aromatic rings. The maximum Gasteiger partial charge on any atom is 0.252 e.